The van der Waals surface area contributed by atoms with Crippen molar-refractivity contribution in [2.45, 2.75) is 13.5 Å². The van der Waals surface area contributed by atoms with Crippen molar-refractivity contribution in [3.05, 3.63) is 62.7 Å². The zero-order chi connectivity index (χ0) is 11.5. The van der Waals surface area contributed by atoms with Crippen molar-refractivity contribution < 1.29 is 0 Å². The van der Waals surface area contributed by atoms with Gasteiger partial charge in [-0.2, -0.15) is 0 Å². The number of aryl methyl sites for hydroxylation is 1. The summed E-state index contributed by atoms with van der Waals surface area (Å²) in [5.74, 6) is 0. The van der Waals surface area contributed by atoms with Crippen LogP contribution < -0.4 is 5.56 Å². The summed E-state index contributed by atoms with van der Waals surface area (Å²) in [6.07, 6.45) is 1.73. The third-order valence-corrected chi connectivity index (χ3v) is 2.85. The predicted octanol–water partition coefficient (Wildman–Crippen LogP) is 2.36. The van der Waals surface area contributed by atoms with Crippen LogP contribution in [0.3, 0.4) is 0 Å². The highest BCUT2D eigenvalue weighted by Crippen LogP contribution is 2.08. The molecule has 0 amide bonds. The molecule has 0 unspecified atom stereocenters. The van der Waals surface area contributed by atoms with Crippen LogP contribution in [0.1, 0.15) is 11.4 Å². The molecule has 0 aliphatic rings. The molecule has 0 spiro atoms. The third-order valence-electron chi connectivity index (χ3n) is 2.38. The Labute approximate surface area is 102 Å². The number of rotatable bonds is 2. The van der Waals surface area contributed by atoms with E-state index in [0.717, 1.165) is 15.9 Å². The van der Waals surface area contributed by atoms with Crippen LogP contribution in [0.15, 0.2) is 45.8 Å². The van der Waals surface area contributed by atoms with Crippen LogP contribution in [0.2, 0.25) is 0 Å². The molecule has 0 aromatic carbocycles. The molecule has 0 saturated heterocycles. The number of pyridine rings is 2. The second-order valence-corrected chi connectivity index (χ2v) is 4.47. The highest BCUT2D eigenvalue weighted by Gasteiger charge is 2.01. The first-order valence-electron chi connectivity index (χ1n) is 4.94. The van der Waals surface area contributed by atoms with Crippen molar-refractivity contribution in [1.29, 1.82) is 0 Å². The predicted molar refractivity (Wildman–Crippen MR) is 66.5 cm³/mol. The van der Waals surface area contributed by atoms with E-state index in [2.05, 4.69) is 20.9 Å². The molecule has 4 heteroatoms. The van der Waals surface area contributed by atoms with E-state index >= 15 is 0 Å². The van der Waals surface area contributed by atoms with E-state index in [1.54, 1.807) is 22.9 Å². The molecular formula is C12H11BrN2O. The Hall–Kier alpha value is -1.42. The van der Waals surface area contributed by atoms with Crippen molar-refractivity contribution in [3.63, 3.8) is 0 Å². The SMILES string of the molecule is Cc1cccc(=O)n1Cc1ccc(Br)cn1. The maximum atomic E-state index is 11.6. The molecule has 0 saturated carbocycles. The van der Waals surface area contributed by atoms with Gasteiger partial charge in [0.25, 0.3) is 5.56 Å². The Kier molecular flexibility index (Phi) is 3.19. The standard InChI is InChI=1S/C12H11BrN2O/c1-9-3-2-4-12(16)15(9)8-11-6-5-10(13)7-14-11/h2-7H,8H2,1H3. The molecule has 2 aromatic rings. The van der Waals surface area contributed by atoms with Gasteiger partial charge in [0.1, 0.15) is 0 Å². The Morgan fingerprint density at radius 1 is 1.31 bits per heavy atom. The molecule has 3 nitrogen and oxygen atoms in total. The van der Waals surface area contributed by atoms with E-state index in [1.165, 1.54) is 0 Å². The lowest BCUT2D eigenvalue weighted by molar-refractivity contribution is 0.712. The van der Waals surface area contributed by atoms with Crippen LogP contribution in [0.5, 0.6) is 0 Å². The summed E-state index contributed by atoms with van der Waals surface area (Å²) in [5, 5.41) is 0. The highest BCUT2D eigenvalue weighted by molar-refractivity contribution is 9.10. The molecule has 2 rings (SSSR count). The summed E-state index contributed by atoms with van der Waals surface area (Å²) in [6, 6.07) is 9.07. The van der Waals surface area contributed by atoms with E-state index in [9.17, 15) is 4.79 Å². The minimum Gasteiger partial charge on any atom is -0.307 e. The molecule has 82 valence electrons. The zero-order valence-electron chi connectivity index (χ0n) is 8.85. The Bertz CT molecular complexity index is 546. The van der Waals surface area contributed by atoms with E-state index in [1.807, 2.05) is 25.1 Å². The summed E-state index contributed by atoms with van der Waals surface area (Å²) >= 11 is 3.33. The second kappa shape index (κ2) is 4.61. The molecular weight excluding hydrogens is 268 g/mol. The molecule has 0 aliphatic heterocycles. The van der Waals surface area contributed by atoms with E-state index < -0.39 is 0 Å². The van der Waals surface area contributed by atoms with Crippen molar-refractivity contribution in [1.82, 2.24) is 9.55 Å². The molecule has 0 N–H and O–H groups in total. The van der Waals surface area contributed by atoms with Crippen LogP contribution >= 0.6 is 15.9 Å². The topological polar surface area (TPSA) is 34.9 Å². The first-order valence-corrected chi connectivity index (χ1v) is 5.73. The number of hydrogen-bond acceptors (Lipinski definition) is 2. The lowest BCUT2D eigenvalue weighted by Gasteiger charge is -2.08. The Balaban J connectivity index is 2.34. The van der Waals surface area contributed by atoms with Crippen molar-refractivity contribution in [2.75, 3.05) is 0 Å². The summed E-state index contributed by atoms with van der Waals surface area (Å²) in [5.41, 5.74) is 1.82. The van der Waals surface area contributed by atoms with Gasteiger partial charge < -0.3 is 4.57 Å². The number of nitrogens with zero attached hydrogens (tertiary/aromatic N) is 2. The average molecular weight is 279 g/mol. The third kappa shape index (κ3) is 2.39. The van der Waals surface area contributed by atoms with Crippen LogP contribution in [0, 0.1) is 6.92 Å². The molecule has 0 radical (unpaired) electrons. The van der Waals surface area contributed by atoms with Crippen LogP contribution in [-0.4, -0.2) is 9.55 Å². The Morgan fingerprint density at radius 3 is 2.75 bits per heavy atom. The first-order chi connectivity index (χ1) is 7.66. The number of hydrogen-bond donors (Lipinski definition) is 0. The van der Waals surface area contributed by atoms with Gasteiger partial charge in [0, 0.05) is 22.4 Å². The lowest BCUT2D eigenvalue weighted by atomic mass is 10.3. The second-order valence-electron chi connectivity index (χ2n) is 3.56. The molecule has 16 heavy (non-hydrogen) atoms. The smallest absolute Gasteiger partial charge is 0.251 e. The fourth-order valence-electron chi connectivity index (χ4n) is 1.49. The van der Waals surface area contributed by atoms with Gasteiger partial charge in [-0.05, 0) is 41.1 Å². The monoisotopic (exact) mass is 278 g/mol. The number of aromatic nitrogens is 2. The van der Waals surface area contributed by atoms with Gasteiger partial charge in [-0.1, -0.05) is 6.07 Å². The van der Waals surface area contributed by atoms with E-state index in [-0.39, 0.29) is 5.56 Å². The fourth-order valence-corrected chi connectivity index (χ4v) is 1.72. The van der Waals surface area contributed by atoms with Crippen molar-refractivity contribution >= 4 is 15.9 Å². The van der Waals surface area contributed by atoms with Crippen molar-refractivity contribution in [2.24, 2.45) is 0 Å². The van der Waals surface area contributed by atoms with E-state index in [4.69, 9.17) is 0 Å². The summed E-state index contributed by atoms with van der Waals surface area (Å²) in [7, 11) is 0. The van der Waals surface area contributed by atoms with Gasteiger partial charge in [-0.15, -0.1) is 0 Å². The molecule has 2 aromatic heterocycles. The van der Waals surface area contributed by atoms with Crippen LogP contribution in [0.25, 0.3) is 0 Å². The van der Waals surface area contributed by atoms with Gasteiger partial charge in [0.05, 0.1) is 12.2 Å². The summed E-state index contributed by atoms with van der Waals surface area (Å²) in [4.78, 5) is 15.9. The van der Waals surface area contributed by atoms with Gasteiger partial charge >= 0.3 is 0 Å². The number of halogens is 1. The van der Waals surface area contributed by atoms with Gasteiger partial charge in [-0.25, -0.2) is 0 Å². The summed E-state index contributed by atoms with van der Waals surface area (Å²) < 4.78 is 2.64. The summed E-state index contributed by atoms with van der Waals surface area (Å²) in [6.45, 7) is 2.43. The Morgan fingerprint density at radius 2 is 2.12 bits per heavy atom. The normalized spacial score (nSPS) is 10.4. The van der Waals surface area contributed by atoms with Crippen molar-refractivity contribution in [3.8, 4) is 0 Å². The highest BCUT2D eigenvalue weighted by atomic mass is 79.9. The first kappa shape index (κ1) is 11.1. The molecule has 0 aliphatic carbocycles. The fraction of sp³-hybridized carbons (Fsp3) is 0.167. The average Bonchev–Trinajstić information content (AvgIpc) is 2.26. The van der Waals surface area contributed by atoms with Crippen LogP contribution in [-0.2, 0) is 6.54 Å². The largest absolute Gasteiger partial charge is 0.307 e. The van der Waals surface area contributed by atoms with Crippen LogP contribution in [0.4, 0.5) is 0 Å². The molecule has 2 heterocycles. The van der Waals surface area contributed by atoms with E-state index in [0.29, 0.717) is 6.54 Å². The maximum Gasteiger partial charge on any atom is 0.251 e. The minimum atomic E-state index is 0.00437. The maximum absolute atomic E-state index is 11.6. The lowest BCUT2D eigenvalue weighted by Crippen LogP contribution is -2.21. The molecule has 0 atom stereocenters. The van der Waals surface area contributed by atoms with Gasteiger partial charge in [0.15, 0.2) is 0 Å². The molecule has 0 bridgehead atoms. The minimum absolute atomic E-state index is 0.00437. The molecule has 0 fully saturated rings. The van der Waals surface area contributed by atoms with Gasteiger partial charge in [0.2, 0.25) is 0 Å². The van der Waals surface area contributed by atoms with Gasteiger partial charge in [-0.3, -0.25) is 9.78 Å². The quantitative estimate of drug-likeness (QED) is 0.845. The zero-order valence-corrected chi connectivity index (χ0v) is 10.4.